The summed E-state index contributed by atoms with van der Waals surface area (Å²) in [5.41, 5.74) is 8.87. The van der Waals surface area contributed by atoms with Crippen molar-refractivity contribution in [1.82, 2.24) is 20.2 Å². The summed E-state index contributed by atoms with van der Waals surface area (Å²) in [4.78, 5) is 24.6. The van der Waals surface area contributed by atoms with Crippen molar-refractivity contribution in [3.8, 4) is 0 Å². The maximum Gasteiger partial charge on any atom is 0.231 e. The van der Waals surface area contributed by atoms with Gasteiger partial charge in [-0.15, -0.1) is 24.8 Å². The molecule has 0 bridgehead atoms. The summed E-state index contributed by atoms with van der Waals surface area (Å²) in [6, 6.07) is 7.85. The van der Waals surface area contributed by atoms with Crippen LogP contribution in [0.15, 0.2) is 30.5 Å². The summed E-state index contributed by atoms with van der Waals surface area (Å²) in [5, 5.41) is 4.05. The molecule has 0 saturated carbocycles. The maximum absolute atomic E-state index is 13.7. The lowest BCUT2D eigenvalue weighted by Gasteiger charge is -2.48. The van der Waals surface area contributed by atoms with Crippen molar-refractivity contribution in [2.45, 2.75) is 37.5 Å². The zero-order valence-corrected chi connectivity index (χ0v) is 19.7. The maximum atomic E-state index is 13.7. The van der Waals surface area contributed by atoms with Crippen LogP contribution in [-0.4, -0.2) is 47.0 Å². The molecular formula is C22H28Cl3N5O. The summed E-state index contributed by atoms with van der Waals surface area (Å²) in [6.07, 6.45) is 6.65. The predicted octanol–water partition coefficient (Wildman–Crippen LogP) is 3.19. The number of nitrogens with one attached hydrogen (secondary N) is 1. The Kier molecular flexibility index (Phi) is 7.06. The van der Waals surface area contributed by atoms with Crippen LogP contribution >= 0.6 is 36.4 Å². The van der Waals surface area contributed by atoms with Gasteiger partial charge in [0.2, 0.25) is 11.9 Å². The van der Waals surface area contributed by atoms with Gasteiger partial charge in [0, 0.05) is 42.8 Å². The number of carbonyl (C=O) groups is 1. The van der Waals surface area contributed by atoms with E-state index in [1.54, 1.807) is 0 Å². The number of benzene rings is 1. The topological polar surface area (TPSA) is 84.1 Å². The van der Waals surface area contributed by atoms with E-state index in [2.05, 4.69) is 20.2 Å². The van der Waals surface area contributed by atoms with Gasteiger partial charge in [0.25, 0.3) is 0 Å². The van der Waals surface area contributed by atoms with Crippen LogP contribution in [0.2, 0.25) is 5.02 Å². The number of aryl methyl sites for hydroxylation is 1. The monoisotopic (exact) mass is 483 g/mol. The number of fused-ring (bicyclic) bond motifs is 2. The van der Waals surface area contributed by atoms with E-state index >= 15 is 0 Å². The van der Waals surface area contributed by atoms with Crippen molar-refractivity contribution in [2.75, 3.05) is 31.9 Å². The minimum atomic E-state index is -0.363. The molecule has 1 aromatic carbocycles. The molecule has 3 heterocycles. The number of piperidine rings is 1. The lowest BCUT2D eigenvalue weighted by Crippen LogP contribution is -2.65. The summed E-state index contributed by atoms with van der Waals surface area (Å²) in [7, 11) is 0. The molecule has 1 atom stereocenters. The van der Waals surface area contributed by atoms with Crippen molar-refractivity contribution in [3.05, 3.63) is 52.3 Å². The van der Waals surface area contributed by atoms with Crippen LogP contribution in [0.25, 0.3) is 0 Å². The molecule has 1 aliphatic carbocycles. The molecule has 1 aromatic heterocycles. The Balaban J connectivity index is 0.00000136. The van der Waals surface area contributed by atoms with E-state index in [9.17, 15) is 4.79 Å². The molecule has 2 aromatic rings. The van der Waals surface area contributed by atoms with Gasteiger partial charge >= 0.3 is 0 Å². The van der Waals surface area contributed by atoms with E-state index in [0.29, 0.717) is 5.95 Å². The molecule has 2 aliphatic heterocycles. The zero-order valence-electron chi connectivity index (χ0n) is 17.3. The number of halogens is 3. The number of rotatable bonds is 3. The molecule has 1 amide bonds. The third-order valence-electron chi connectivity index (χ3n) is 6.96. The number of hydrogen-bond donors (Lipinski definition) is 2. The first-order valence-corrected chi connectivity index (χ1v) is 10.7. The first-order valence-electron chi connectivity index (χ1n) is 10.4. The molecule has 1 spiro atoms. The van der Waals surface area contributed by atoms with Crippen molar-refractivity contribution in [1.29, 1.82) is 0 Å². The van der Waals surface area contributed by atoms with Gasteiger partial charge in [-0.2, -0.15) is 0 Å². The number of nitrogens with zero attached hydrogens (tertiary/aromatic N) is 3. The minimum Gasteiger partial charge on any atom is -0.368 e. The normalized spacial score (nSPS) is 23.3. The Hall–Kier alpha value is -1.60. The molecule has 2 saturated heterocycles. The van der Waals surface area contributed by atoms with E-state index in [1.165, 1.54) is 5.56 Å². The fourth-order valence-electron chi connectivity index (χ4n) is 5.36. The number of hydrogen-bond acceptors (Lipinski definition) is 5. The van der Waals surface area contributed by atoms with Crippen LogP contribution < -0.4 is 11.1 Å². The Labute approximate surface area is 200 Å². The van der Waals surface area contributed by atoms with Gasteiger partial charge in [-0.05, 0) is 55.4 Å². The van der Waals surface area contributed by atoms with Crippen LogP contribution in [0.5, 0.6) is 0 Å². The molecular weight excluding hydrogens is 457 g/mol. The summed E-state index contributed by atoms with van der Waals surface area (Å²) < 4.78 is 0. The van der Waals surface area contributed by atoms with Crippen LogP contribution in [0, 0.1) is 5.41 Å². The van der Waals surface area contributed by atoms with Gasteiger partial charge in [0.15, 0.2) is 0 Å². The Morgan fingerprint density at radius 2 is 1.94 bits per heavy atom. The van der Waals surface area contributed by atoms with Crippen LogP contribution in [0.1, 0.15) is 36.1 Å². The second-order valence-electron chi connectivity index (χ2n) is 8.90. The lowest BCUT2D eigenvalue weighted by molar-refractivity contribution is -0.147. The molecule has 1 unspecified atom stereocenters. The number of nitrogen functional groups attached to an aromatic ring is 1. The number of nitrogens with two attached hydrogens (primary N) is 1. The van der Waals surface area contributed by atoms with E-state index < -0.39 is 0 Å². The number of amides is 1. The largest absolute Gasteiger partial charge is 0.368 e. The highest BCUT2D eigenvalue weighted by molar-refractivity contribution is 6.30. The number of anilines is 1. The van der Waals surface area contributed by atoms with Gasteiger partial charge < -0.3 is 16.0 Å². The van der Waals surface area contributed by atoms with Gasteiger partial charge in [-0.3, -0.25) is 4.79 Å². The van der Waals surface area contributed by atoms with E-state index in [1.807, 2.05) is 30.5 Å². The van der Waals surface area contributed by atoms with E-state index in [4.69, 9.17) is 17.3 Å². The highest BCUT2D eigenvalue weighted by atomic mass is 35.5. The second-order valence-corrected chi connectivity index (χ2v) is 9.34. The van der Waals surface area contributed by atoms with Crippen molar-refractivity contribution in [2.24, 2.45) is 5.41 Å². The van der Waals surface area contributed by atoms with Gasteiger partial charge in [-0.25, -0.2) is 9.97 Å². The average molecular weight is 485 g/mol. The molecule has 5 rings (SSSR count). The number of carbonyl (C=O) groups excluding carboxylic acids is 1. The molecule has 168 valence electrons. The van der Waals surface area contributed by atoms with Gasteiger partial charge in [-0.1, -0.05) is 23.7 Å². The highest BCUT2D eigenvalue weighted by Crippen LogP contribution is 2.45. The molecule has 31 heavy (non-hydrogen) atoms. The minimum absolute atomic E-state index is 0. The lowest BCUT2D eigenvalue weighted by atomic mass is 9.72. The first kappa shape index (κ1) is 24.1. The van der Waals surface area contributed by atoms with Gasteiger partial charge in [0.05, 0.1) is 11.1 Å². The predicted molar refractivity (Wildman–Crippen MR) is 127 cm³/mol. The van der Waals surface area contributed by atoms with Crippen LogP contribution in [0.3, 0.4) is 0 Å². The molecule has 3 N–H and O–H groups in total. The Bertz CT molecular complexity index is 947. The van der Waals surface area contributed by atoms with Crippen molar-refractivity contribution in [3.63, 3.8) is 0 Å². The fraction of sp³-hybridized carbons (Fsp3) is 0.500. The third-order valence-corrected chi connectivity index (χ3v) is 7.21. The second kappa shape index (κ2) is 9.10. The standard InChI is InChI=1S/C22H26ClN5O.2ClH/c23-17-4-2-15(3-5-17)10-22(12-25-13-22)19(29)28-9-1-7-21(14-28)8-6-16-11-26-20(24)27-18(16)21;;/h2-5,11,25H,1,6-10,12-14H2,(H2,24,26,27);2*1H. The van der Waals surface area contributed by atoms with E-state index in [-0.39, 0.29) is 41.6 Å². The number of aromatic nitrogens is 2. The quantitative estimate of drug-likeness (QED) is 0.699. The first-order chi connectivity index (χ1) is 14.0. The van der Waals surface area contributed by atoms with Crippen molar-refractivity contribution < 1.29 is 4.79 Å². The number of likely N-dealkylation sites (tertiary alicyclic amines) is 1. The molecule has 2 fully saturated rings. The van der Waals surface area contributed by atoms with Crippen molar-refractivity contribution >= 4 is 48.3 Å². The third kappa shape index (κ3) is 4.23. The summed E-state index contributed by atoms with van der Waals surface area (Å²) in [6.45, 7) is 3.00. The summed E-state index contributed by atoms with van der Waals surface area (Å²) >= 11 is 6.03. The fourth-order valence-corrected chi connectivity index (χ4v) is 5.49. The Morgan fingerprint density at radius 3 is 2.61 bits per heavy atom. The molecule has 0 radical (unpaired) electrons. The van der Waals surface area contributed by atoms with Crippen LogP contribution in [0.4, 0.5) is 5.95 Å². The molecule has 6 nitrogen and oxygen atoms in total. The molecule has 3 aliphatic rings. The smallest absolute Gasteiger partial charge is 0.231 e. The highest BCUT2D eigenvalue weighted by Gasteiger charge is 2.50. The van der Waals surface area contributed by atoms with Crippen LogP contribution in [-0.2, 0) is 23.1 Å². The van der Waals surface area contributed by atoms with E-state index in [0.717, 1.165) is 74.6 Å². The molecule has 9 heteroatoms. The zero-order chi connectivity index (χ0) is 20.1. The SMILES string of the molecule is Cl.Cl.Nc1ncc2c(n1)C1(CCCN(C(=O)C3(Cc4ccc(Cl)cc4)CNC3)C1)CC2. The summed E-state index contributed by atoms with van der Waals surface area (Å²) in [5.74, 6) is 0.594. The average Bonchev–Trinajstić information content (AvgIpc) is 3.03. The Morgan fingerprint density at radius 1 is 1.19 bits per heavy atom. The van der Waals surface area contributed by atoms with Gasteiger partial charge in [0.1, 0.15) is 0 Å².